The van der Waals surface area contributed by atoms with Crippen LogP contribution in [0.15, 0.2) is 36.7 Å². The zero-order chi connectivity index (χ0) is 28.1. The minimum atomic E-state index is -3.03. The lowest BCUT2D eigenvalue weighted by molar-refractivity contribution is -0.00860. The molecule has 2 N–H and O–H groups in total. The third kappa shape index (κ3) is 5.65. The quantitative estimate of drug-likeness (QED) is 0.445. The highest BCUT2D eigenvalue weighted by Gasteiger charge is 2.40. The zero-order valence-corrected chi connectivity index (χ0v) is 23.9. The first-order valence-corrected chi connectivity index (χ1v) is 15.5. The Morgan fingerprint density at radius 3 is 2.64 bits per heavy atom. The summed E-state index contributed by atoms with van der Waals surface area (Å²) in [5.41, 5.74) is 0.517. The first-order chi connectivity index (χ1) is 18.3. The summed E-state index contributed by atoms with van der Waals surface area (Å²) < 4.78 is 38.4. The molecular formula is C28H37FN6O3S. The molecule has 1 aromatic carbocycles. The second kappa shape index (κ2) is 10.2. The summed E-state index contributed by atoms with van der Waals surface area (Å²) in [6, 6.07) is 8.14. The Kier molecular flexibility index (Phi) is 7.17. The van der Waals surface area contributed by atoms with Gasteiger partial charge in [0.25, 0.3) is 0 Å². The average Bonchev–Trinajstić information content (AvgIpc) is 2.86. The van der Waals surface area contributed by atoms with E-state index in [1.807, 2.05) is 12.3 Å². The SMILES string of the molecule is CC(C)c1ccc(N2C[C@H](CS(C)(=O)=O)[C@H]2C)c2cnc(Nc3ccnc(N4CC[C@@H](O)[C@](C)(F)C4)n3)cc12. The van der Waals surface area contributed by atoms with Crippen LogP contribution >= 0.6 is 0 Å². The molecule has 39 heavy (non-hydrogen) atoms. The summed E-state index contributed by atoms with van der Waals surface area (Å²) >= 11 is 0. The highest BCUT2D eigenvalue weighted by atomic mass is 32.2. The molecule has 2 aliphatic rings. The smallest absolute Gasteiger partial charge is 0.227 e. The Balaban J connectivity index is 1.41. The highest BCUT2D eigenvalue weighted by Crippen LogP contribution is 2.39. The van der Waals surface area contributed by atoms with Crippen molar-refractivity contribution < 1.29 is 17.9 Å². The first kappa shape index (κ1) is 27.5. The third-order valence-corrected chi connectivity index (χ3v) is 9.05. The first-order valence-electron chi connectivity index (χ1n) is 13.4. The molecule has 4 heterocycles. The van der Waals surface area contributed by atoms with E-state index in [9.17, 15) is 17.9 Å². The van der Waals surface area contributed by atoms with E-state index in [1.165, 1.54) is 18.7 Å². The largest absolute Gasteiger partial charge is 0.390 e. The van der Waals surface area contributed by atoms with Crippen molar-refractivity contribution in [3.63, 3.8) is 0 Å². The number of anilines is 4. The van der Waals surface area contributed by atoms with Gasteiger partial charge in [0.05, 0.1) is 18.4 Å². The lowest BCUT2D eigenvalue weighted by atomic mass is 9.88. The van der Waals surface area contributed by atoms with E-state index in [-0.39, 0.29) is 24.3 Å². The molecule has 210 valence electrons. The Hall–Kier alpha value is -3.05. The van der Waals surface area contributed by atoms with Crippen LogP contribution in [0, 0.1) is 5.92 Å². The fourth-order valence-electron chi connectivity index (χ4n) is 5.66. The van der Waals surface area contributed by atoms with Crippen molar-refractivity contribution in [2.75, 3.05) is 46.8 Å². The second-order valence-electron chi connectivity index (χ2n) is 11.6. The molecule has 0 aliphatic carbocycles. The Morgan fingerprint density at radius 1 is 1.21 bits per heavy atom. The van der Waals surface area contributed by atoms with Gasteiger partial charge in [0, 0.05) is 54.8 Å². The molecule has 0 bridgehead atoms. The topological polar surface area (TPSA) is 112 Å². The van der Waals surface area contributed by atoms with Gasteiger partial charge in [-0.3, -0.25) is 0 Å². The maximum absolute atomic E-state index is 14.7. The number of aromatic nitrogens is 3. The molecule has 2 fully saturated rings. The number of hydrogen-bond acceptors (Lipinski definition) is 9. The van der Waals surface area contributed by atoms with Gasteiger partial charge in [-0.2, -0.15) is 4.98 Å². The van der Waals surface area contributed by atoms with E-state index in [2.05, 4.69) is 58.1 Å². The molecule has 0 saturated carbocycles. The Bertz CT molecular complexity index is 1480. The number of piperidine rings is 1. The Morgan fingerprint density at radius 2 is 1.97 bits per heavy atom. The summed E-state index contributed by atoms with van der Waals surface area (Å²) in [7, 11) is -3.03. The maximum atomic E-state index is 14.7. The van der Waals surface area contributed by atoms with Crippen LogP contribution in [-0.2, 0) is 9.84 Å². The number of nitrogens with zero attached hydrogens (tertiary/aromatic N) is 5. The molecule has 0 radical (unpaired) electrons. The summed E-state index contributed by atoms with van der Waals surface area (Å²) in [6.45, 7) is 8.97. The van der Waals surface area contributed by atoms with Crippen LogP contribution in [0.25, 0.3) is 10.8 Å². The maximum Gasteiger partial charge on any atom is 0.227 e. The number of fused-ring (bicyclic) bond motifs is 1. The van der Waals surface area contributed by atoms with Gasteiger partial charge < -0.3 is 20.2 Å². The van der Waals surface area contributed by atoms with E-state index in [1.54, 1.807) is 17.2 Å². The van der Waals surface area contributed by atoms with Gasteiger partial charge in [-0.05, 0) is 55.3 Å². The van der Waals surface area contributed by atoms with Crippen LogP contribution in [0.5, 0.6) is 0 Å². The van der Waals surface area contributed by atoms with Crippen molar-refractivity contribution in [1.82, 2.24) is 15.0 Å². The summed E-state index contributed by atoms with van der Waals surface area (Å²) in [4.78, 5) is 17.6. The molecule has 11 heteroatoms. The zero-order valence-electron chi connectivity index (χ0n) is 23.1. The van der Waals surface area contributed by atoms with Crippen molar-refractivity contribution in [2.45, 2.75) is 57.8 Å². The van der Waals surface area contributed by atoms with Gasteiger partial charge in [-0.15, -0.1) is 0 Å². The molecule has 0 spiro atoms. The standard InChI is InChI=1S/C28H37FN6O3S/c1-17(2)20-6-7-23(35-14-19(18(35)3)15-39(5,37)38)22-13-31-26(12-21(20)22)32-25-8-10-30-27(33-25)34-11-9-24(36)28(4,29)16-34/h6-8,10,12-13,17-19,24,36H,9,11,14-16H2,1-5H3,(H,30,31,32,33)/t18-,19-,24-,28-/m1/s1. The molecular weight excluding hydrogens is 519 g/mol. The van der Waals surface area contributed by atoms with Crippen molar-refractivity contribution in [3.05, 3.63) is 42.2 Å². The fourth-order valence-corrected chi connectivity index (χ4v) is 6.83. The minimum absolute atomic E-state index is 0.0202. The number of aliphatic hydroxyl groups is 1. The van der Waals surface area contributed by atoms with E-state index >= 15 is 0 Å². The van der Waals surface area contributed by atoms with Crippen LogP contribution in [0.3, 0.4) is 0 Å². The number of sulfone groups is 1. The van der Waals surface area contributed by atoms with Gasteiger partial charge in [0.2, 0.25) is 5.95 Å². The fraction of sp³-hybridized carbons (Fsp3) is 0.536. The number of rotatable bonds is 7. The minimum Gasteiger partial charge on any atom is -0.390 e. The molecule has 0 unspecified atom stereocenters. The van der Waals surface area contributed by atoms with Crippen LogP contribution in [0.1, 0.15) is 45.6 Å². The number of pyridine rings is 1. The second-order valence-corrected chi connectivity index (χ2v) is 13.7. The van der Waals surface area contributed by atoms with Crippen molar-refractivity contribution >= 4 is 43.9 Å². The van der Waals surface area contributed by atoms with E-state index in [0.29, 0.717) is 43.0 Å². The van der Waals surface area contributed by atoms with Gasteiger partial charge in [0.15, 0.2) is 5.67 Å². The number of benzene rings is 1. The van der Waals surface area contributed by atoms with Crippen LogP contribution < -0.4 is 15.1 Å². The number of aliphatic hydroxyl groups excluding tert-OH is 1. The van der Waals surface area contributed by atoms with Gasteiger partial charge in [-0.1, -0.05) is 19.9 Å². The van der Waals surface area contributed by atoms with Crippen LogP contribution in [-0.4, -0.2) is 77.9 Å². The Labute approximate surface area is 229 Å². The number of alkyl halides is 1. The van der Waals surface area contributed by atoms with Crippen molar-refractivity contribution in [2.24, 2.45) is 5.92 Å². The molecule has 2 aliphatic heterocycles. The summed E-state index contributed by atoms with van der Waals surface area (Å²) in [6.07, 6.45) is 4.09. The number of nitrogens with one attached hydrogen (secondary N) is 1. The number of hydrogen-bond donors (Lipinski definition) is 2. The summed E-state index contributed by atoms with van der Waals surface area (Å²) in [5.74, 6) is 2.17. The predicted molar refractivity (Wildman–Crippen MR) is 154 cm³/mol. The van der Waals surface area contributed by atoms with Gasteiger partial charge in [0.1, 0.15) is 21.5 Å². The highest BCUT2D eigenvalue weighted by molar-refractivity contribution is 7.90. The van der Waals surface area contributed by atoms with Gasteiger partial charge in [-0.25, -0.2) is 22.8 Å². The monoisotopic (exact) mass is 556 g/mol. The van der Waals surface area contributed by atoms with E-state index in [0.717, 1.165) is 16.5 Å². The van der Waals surface area contributed by atoms with E-state index < -0.39 is 21.6 Å². The van der Waals surface area contributed by atoms with Gasteiger partial charge >= 0.3 is 0 Å². The molecule has 2 saturated heterocycles. The van der Waals surface area contributed by atoms with Crippen LogP contribution in [0.2, 0.25) is 0 Å². The van der Waals surface area contributed by atoms with E-state index in [4.69, 9.17) is 0 Å². The van der Waals surface area contributed by atoms with Crippen LogP contribution in [0.4, 0.5) is 27.7 Å². The molecule has 4 atom stereocenters. The lowest BCUT2D eigenvalue weighted by Crippen LogP contribution is -2.57. The van der Waals surface area contributed by atoms with Crippen molar-refractivity contribution in [1.29, 1.82) is 0 Å². The lowest BCUT2D eigenvalue weighted by Gasteiger charge is -2.48. The molecule has 5 rings (SSSR count). The molecule has 9 nitrogen and oxygen atoms in total. The normalized spacial score (nSPS) is 25.7. The van der Waals surface area contributed by atoms with Crippen molar-refractivity contribution in [3.8, 4) is 0 Å². The third-order valence-electron chi connectivity index (χ3n) is 8.01. The molecule has 2 aromatic heterocycles. The predicted octanol–water partition coefficient (Wildman–Crippen LogP) is 4.06. The number of halogens is 1. The molecule has 3 aromatic rings. The molecule has 0 amide bonds. The summed E-state index contributed by atoms with van der Waals surface area (Å²) in [5, 5.41) is 15.3. The average molecular weight is 557 g/mol.